The van der Waals surface area contributed by atoms with Crippen LogP contribution >= 0.6 is 0 Å². The smallest absolute Gasteiger partial charge is 0.294 e. The number of unbranched alkanes of at least 4 members (excludes halogenated alkanes) is 1. The van der Waals surface area contributed by atoms with E-state index < -0.39 is 5.56 Å². The number of hydrogen-bond acceptors (Lipinski definition) is 4. The second-order valence-electron chi connectivity index (χ2n) is 7.22. The molecule has 0 saturated carbocycles. The predicted molar refractivity (Wildman–Crippen MR) is 115 cm³/mol. The molecule has 0 amide bonds. The van der Waals surface area contributed by atoms with Gasteiger partial charge in [-0.3, -0.25) is 4.79 Å². The minimum absolute atomic E-state index is 0.0551. The van der Waals surface area contributed by atoms with Crippen molar-refractivity contribution in [1.82, 2.24) is 4.98 Å². The number of aromatic hydroxyl groups is 1. The Bertz CT molecular complexity index is 905. The zero-order chi connectivity index (χ0) is 20.5. The van der Waals surface area contributed by atoms with Crippen molar-refractivity contribution in [2.45, 2.75) is 53.4 Å². The zero-order valence-electron chi connectivity index (χ0n) is 17.3. The standard InChI is InChI=1S/C23H31NO4/c1-5-6-13-27-18-10-11-19-20(15-18)24-23(26)22(21(19)25)28-14-12-17(4)9-7-8-16(2)3/h8,10-12,15H,5-7,9,13-14H2,1-4H3,(H2,24,25,26)/b17-12+. The molecule has 2 rings (SSSR count). The summed E-state index contributed by atoms with van der Waals surface area (Å²) in [7, 11) is 0. The number of ether oxygens (including phenoxy) is 2. The Labute approximate surface area is 166 Å². The topological polar surface area (TPSA) is 71.5 Å². The summed E-state index contributed by atoms with van der Waals surface area (Å²) in [5, 5.41) is 11.0. The van der Waals surface area contributed by atoms with Gasteiger partial charge in [0, 0.05) is 11.5 Å². The number of aromatic amines is 1. The summed E-state index contributed by atoms with van der Waals surface area (Å²) >= 11 is 0. The number of fused-ring (bicyclic) bond motifs is 1. The zero-order valence-corrected chi connectivity index (χ0v) is 17.3. The highest BCUT2D eigenvalue weighted by Crippen LogP contribution is 2.32. The number of rotatable bonds is 10. The van der Waals surface area contributed by atoms with Crippen molar-refractivity contribution in [3.8, 4) is 17.2 Å². The third kappa shape index (κ3) is 6.19. The number of nitrogens with one attached hydrogen (secondary N) is 1. The van der Waals surface area contributed by atoms with Crippen LogP contribution in [0, 0.1) is 0 Å². The Balaban J connectivity index is 2.10. The van der Waals surface area contributed by atoms with Gasteiger partial charge in [-0.1, -0.05) is 30.6 Å². The first-order valence-electron chi connectivity index (χ1n) is 9.86. The molecule has 0 saturated heterocycles. The van der Waals surface area contributed by atoms with Gasteiger partial charge in [-0.05, 0) is 58.2 Å². The summed E-state index contributed by atoms with van der Waals surface area (Å²) in [6.45, 7) is 9.15. The molecular weight excluding hydrogens is 354 g/mol. The van der Waals surface area contributed by atoms with E-state index in [0.29, 0.717) is 23.3 Å². The molecule has 0 aliphatic rings. The Morgan fingerprint density at radius 3 is 2.68 bits per heavy atom. The molecule has 1 heterocycles. The molecule has 5 nitrogen and oxygen atoms in total. The lowest BCUT2D eigenvalue weighted by molar-refractivity contribution is 0.309. The van der Waals surface area contributed by atoms with E-state index in [9.17, 15) is 9.90 Å². The van der Waals surface area contributed by atoms with Gasteiger partial charge in [-0.15, -0.1) is 0 Å². The highest BCUT2D eigenvalue weighted by molar-refractivity contribution is 5.87. The van der Waals surface area contributed by atoms with Crippen LogP contribution < -0.4 is 15.0 Å². The third-order valence-corrected chi connectivity index (χ3v) is 4.43. The molecule has 0 unspecified atom stereocenters. The van der Waals surface area contributed by atoms with Crippen LogP contribution in [0.15, 0.2) is 46.3 Å². The number of hydrogen-bond donors (Lipinski definition) is 2. The lowest BCUT2D eigenvalue weighted by Gasteiger charge is -2.10. The van der Waals surface area contributed by atoms with Crippen molar-refractivity contribution in [1.29, 1.82) is 0 Å². The number of H-pyrrole nitrogens is 1. The van der Waals surface area contributed by atoms with Crippen LogP contribution in [0.3, 0.4) is 0 Å². The van der Waals surface area contributed by atoms with Crippen LogP contribution in [-0.4, -0.2) is 23.3 Å². The van der Waals surface area contributed by atoms with Gasteiger partial charge >= 0.3 is 0 Å². The number of pyridine rings is 1. The fourth-order valence-corrected chi connectivity index (χ4v) is 2.76. The van der Waals surface area contributed by atoms with Crippen LogP contribution in [0.25, 0.3) is 10.9 Å². The van der Waals surface area contributed by atoms with Crippen molar-refractivity contribution in [2.75, 3.05) is 13.2 Å². The molecule has 0 spiro atoms. The fourth-order valence-electron chi connectivity index (χ4n) is 2.76. The molecular formula is C23H31NO4. The van der Waals surface area contributed by atoms with E-state index in [4.69, 9.17) is 9.47 Å². The summed E-state index contributed by atoms with van der Waals surface area (Å²) in [5.41, 5.74) is 2.56. The van der Waals surface area contributed by atoms with E-state index in [-0.39, 0.29) is 18.1 Å². The molecule has 152 valence electrons. The molecule has 0 bridgehead atoms. The van der Waals surface area contributed by atoms with Gasteiger partial charge in [0.15, 0.2) is 5.75 Å². The van der Waals surface area contributed by atoms with Crippen LogP contribution in [0.1, 0.15) is 53.4 Å². The van der Waals surface area contributed by atoms with Crippen molar-refractivity contribution in [2.24, 2.45) is 0 Å². The molecule has 0 aliphatic carbocycles. The SMILES string of the molecule is CCCCOc1ccc2c(O)c(OC/C=C(\C)CCC=C(C)C)c(=O)[nH]c2c1. The van der Waals surface area contributed by atoms with Crippen molar-refractivity contribution >= 4 is 10.9 Å². The molecule has 1 aromatic heterocycles. The molecule has 0 aliphatic heterocycles. The largest absolute Gasteiger partial charge is 0.504 e. The van der Waals surface area contributed by atoms with Crippen LogP contribution in [0.2, 0.25) is 0 Å². The van der Waals surface area contributed by atoms with E-state index in [1.807, 2.05) is 13.0 Å². The van der Waals surface area contributed by atoms with E-state index in [2.05, 4.69) is 31.8 Å². The Morgan fingerprint density at radius 1 is 1.18 bits per heavy atom. The Morgan fingerprint density at radius 2 is 1.96 bits per heavy atom. The van der Waals surface area contributed by atoms with E-state index >= 15 is 0 Å². The number of allylic oxidation sites excluding steroid dienone is 3. The average Bonchev–Trinajstić information content (AvgIpc) is 2.64. The second-order valence-corrected chi connectivity index (χ2v) is 7.22. The molecule has 0 radical (unpaired) electrons. The van der Waals surface area contributed by atoms with E-state index in [1.54, 1.807) is 18.2 Å². The minimum Gasteiger partial charge on any atom is -0.504 e. The number of aromatic nitrogens is 1. The molecule has 2 aromatic rings. The van der Waals surface area contributed by atoms with Gasteiger partial charge in [0.2, 0.25) is 5.75 Å². The fraction of sp³-hybridized carbons (Fsp3) is 0.435. The van der Waals surface area contributed by atoms with Crippen LogP contribution in [0.4, 0.5) is 0 Å². The molecule has 2 N–H and O–H groups in total. The predicted octanol–water partition coefficient (Wildman–Crippen LogP) is 5.48. The number of benzene rings is 1. The maximum Gasteiger partial charge on any atom is 0.294 e. The first kappa shape index (κ1) is 21.6. The quantitative estimate of drug-likeness (QED) is 0.419. The third-order valence-electron chi connectivity index (χ3n) is 4.43. The molecule has 1 aromatic carbocycles. The highest BCUT2D eigenvalue weighted by Gasteiger charge is 2.13. The Kier molecular flexibility index (Phi) is 8.18. The summed E-state index contributed by atoms with van der Waals surface area (Å²) < 4.78 is 11.2. The Hall–Kier alpha value is -2.69. The van der Waals surface area contributed by atoms with Crippen molar-refractivity contribution in [3.05, 3.63) is 51.9 Å². The summed E-state index contributed by atoms with van der Waals surface area (Å²) in [4.78, 5) is 15.1. The van der Waals surface area contributed by atoms with E-state index in [0.717, 1.165) is 25.7 Å². The van der Waals surface area contributed by atoms with Gasteiger partial charge in [-0.2, -0.15) is 0 Å². The maximum absolute atomic E-state index is 12.3. The summed E-state index contributed by atoms with van der Waals surface area (Å²) in [6.07, 6.45) is 8.07. The molecule has 5 heteroatoms. The van der Waals surface area contributed by atoms with Crippen LogP contribution in [-0.2, 0) is 0 Å². The lowest BCUT2D eigenvalue weighted by Crippen LogP contribution is -2.12. The van der Waals surface area contributed by atoms with Crippen molar-refractivity contribution in [3.63, 3.8) is 0 Å². The lowest BCUT2D eigenvalue weighted by atomic mass is 10.1. The summed E-state index contributed by atoms with van der Waals surface area (Å²) in [6, 6.07) is 5.24. The second kappa shape index (κ2) is 10.6. The molecule has 0 atom stereocenters. The molecule has 0 fully saturated rings. The minimum atomic E-state index is -0.452. The van der Waals surface area contributed by atoms with Gasteiger partial charge in [0.05, 0.1) is 12.1 Å². The first-order chi connectivity index (χ1) is 13.4. The summed E-state index contributed by atoms with van der Waals surface area (Å²) in [5.74, 6) is 0.467. The average molecular weight is 386 g/mol. The van der Waals surface area contributed by atoms with Gasteiger partial charge in [0.1, 0.15) is 12.4 Å². The van der Waals surface area contributed by atoms with Gasteiger partial charge in [0.25, 0.3) is 5.56 Å². The van der Waals surface area contributed by atoms with Gasteiger partial charge < -0.3 is 19.6 Å². The molecule has 28 heavy (non-hydrogen) atoms. The maximum atomic E-state index is 12.3. The monoisotopic (exact) mass is 385 g/mol. The van der Waals surface area contributed by atoms with Gasteiger partial charge in [-0.25, -0.2) is 0 Å². The van der Waals surface area contributed by atoms with Crippen molar-refractivity contribution < 1.29 is 14.6 Å². The van der Waals surface area contributed by atoms with E-state index in [1.165, 1.54) is 11.1 Å². The first-order valence-corrected chi connectivity index (χ1v) is 9.86. The normalized spacial score (nSPS) is 11.5. The highest BCUT2D eigenvalue weighted by atomic mass is 16.5. The van der Waals surface area contributed by atoms with Crippen LogP contribution in [0.5, 0.6) is 17.2 Å².